The van der Waals surface area contributed by atoms with Crippen molar-refractivity contribution < 1.29 is 28.3 Å². The SMILES string of the molecule is COc1cccc2c(O)c3c(c(N)c12)C(=O)[C@H]1CC(O[Si](C)(C)C)=C(O[Si](C)(C)C)C[C@H]1C3=O. The van der Waals surface area contributed by atoms with Crippen LogP contribution in [0.5, 0.6) is 11.5 Å². The molecule has 0 radical (unpaired) electrons. The van der Waals surface area contributed by atoms with Gasteiger partial charge in [0.25, 0.3) is 0 Å². The van der Waals surface area contributed by atoms with Gasteiger partial charge in [0, 0.05) is 30.1 Å². The number of ketones is 2. The fourth-order valence-electron chi connectivity index (χ4n) is 4.95. The zero-order valence-corrected chi connectivity index (χ0v) is 22.9. The summed E-state index contributed by atoms with van der Waals surface area (Å²) in [4.78, 5) is 27.6. The van der Waals surface area contributed by atoms with E-state index in [1.165, 1.54) is 7.11 Å². The van der Waals surface area contributed by atoms with Gasteiger partial charge in [-0.2, -0.15) is 0 Å². The number of methoxy groups -OCH3 is 1. The number of hydrogen-bond acceptors (Lipinski definition) is 7. The van der Waals surface area contributed by atoms with E-state index in [1.54, 1.807) is 18.2 Å². The number of allylic oxidation sites excluding steroid dienone is 2. The van der Waals surface area contributed by atoms with E-state index in [2.05, 4.69) is 39.3 Å². The molecule has 0 aliphatic heterocycles. The summed E-state index contributed by atoms with van der Waals surface area (Å²) in [5, 5.41) is 12.0. The predicted molar refractivity (Wildman–Crippen MR) is 137 cm³/mol. The Hall–Kier alpha value is -2.79. The number of nitrogens with two attached hydrogens (primary N) is 1. The lowest BCUT2D eigenvalue weighted by Crippen LogP contribution is -2.42. The Bertz CT molecular complexity index is 1240. The second kappa shape index (κ2) is 8.16. The third kappa shape index (κ3) is 4.11. The highest BCUT2D eigenvalue weighted by molar-refractivity contribution is 6.70. The minimum absolute atomic E-state index is 0.00595. The van der Waals surface area contributed by atoms with E-state index in [0.717, 1.165) is 0 Å². The van der Waals surface area contributed by atoms with Gasteiger partial charge in [-0.05, 0) is 45.3 Å². The van der Waals surface area contributed by atoms with Crippen LogP contribution in [0.25, 0.3) is 10.8 Å². The molecule has 2 aliphatic carbocycles. The highest BCUT2D eigenvalue weighted by Crippen LogP contribution is 2.50. The summed E-state index contributed by atoms with van der Waals surface area (Å²) >= 11 is 0. The van der Waals surface area contributed by atoms with Crippen molar-refractivity contribution >= 4 is 44.7 Å². The van der Waals surface area contributed by atoms with Gasteiger partial charge < -0.3 is 24.4 Å². The minimum atomic E-state index is -2.00. The van der Waals surface area contributed by atoms with E-state index in [1.807, 2.05) is 0 Å². The minimum Gasteiger partial charge on any atom is -0.545 e. The third-order valence-electron chi connectivity index (χ3n) is 6.16. The molecule has 0 spiro atoms. The maximum atomic E-state index is 13.8. The van der Waals surface area contributed by atoms with Gasteiger partial charge in [0.15, 0.2) is 11.6 Å². The summed E-state index contributed by atoms with van der Waals surface area (Å²) in [7, 11) is -2.50. The molecule has 0 aromatic heterocycles. The van der Waals surface area contributed by atoms with Gasteiger partial charge in [-0.3, -0.25) is 9.59 Å². The number of hydrogen-bond donors (Lipinski definition) is 2. The number of phenolic OH excluding ortho intramolecular Hbond substituents is 1. The van der Waals surface area contributed by atoms with Gasteiger partial charge in [-0.25, -0.2) is 0 Å². The van der Waals surface area contributed by atoms with E-state index in [-0.39, 0.29) is 47.0 Å². The Labute approximate surface area is 202 Å². The number of fused-ring (bicyclic) bond motifs is 3. The van der Waals surface area contributed by atoms with Crippen molar-refractivity contribution in [2.45, 2.75) is 52.1 Å². The number of rotatable bonds is 5. The molecule has 2 atom stereocenters. The molecule has 0 fully saturated rings. The molecule has 0 saturated heterocycles. The van der Waals surface area contributed by atoms with Crippen molar-refractivity contribution in [3.05, 3.63) is 40.8 Å². The van der Waals surface area contributed by atoms with Gasteiger partial charge in [0.05, 0.1) is 29.3 Å². The zero-order chi connectivity index (χ0) is 25.2. The lowest BCUT2D eigenvalue weighted by Gasteiger charge is -2.39. The van der Waals surface area contributed by atoms with Crippen molar-refractivity contribution in [3.8, 4) is 11.5 Å². The topological polar surface area (TPSA) is 108 Å². The summed E-state index contributed by atoms with van der Waals surface area (Å²) in [5.41, 5.74) is 6.74. The molecule has 182 valence electrons. The van der Waals surface area contributed by atoms with Crippen molar-refractivity contribution in [2.24, 2.45) is 11.8 Å². The number of carbonyl (C=O) groups is 2. The number of benzene rings is 2. The normalized spacial score (nSPS) is 20.8. The van der Waals surface area contributed by atoms with Gasteiger partial charge in [0.1, 0.15) is 23.0 Å². The smallest absolute Gasteiger partial charge is 0.241 e. The van der Waals surface area contributed by atoms with Crippen molar-refractivity contribution in [3.63, 3.8) is 0 Å². The molecule has 4 rings (SSSR count). The molecule has 2 aromatic rings. The molecule has 7 nitrogen and oxygen atoms in total. The van der Waals surface area contributed by atoms with Crippen LogP contribution in [0.15, 0.2) is 29.7 Å². The van der Waals surface area contributed by atoms with E-state index in [4.69, 9.17) is 19.3 Å². The summed E-state index contributed by atoms with van der Waals surface area (Å²) in [6.45, 7) is 12.5. The molecule has 34 heavy (non-hydrogen) atoms. The Morgan fingerprint density at radius 1 is 0.882 bits per heavy atom. The first-order chi connectivity index (χ1) is 15.7. The van der Waals surface area contributed by atoms with Crippen molar-refractivity contribution in [2.75, 3.05) is 12.8 Å². The number of carbonyl (C=O) groups excluding carboxylic acids is 2. The van der Waals surface area contributed by atoms with Crippen LogP contribution >= 0.6 is 0 Å². The number of anilines is 1. The maximum Gasteiger partial charge on any atom is 0.241 e. The first-order valence-electron chi connectivity index (χ1n) is 11.5. The van der Waals surface area contributed by atoms with Crippen LogP contribution in [0.3, 0.4) is 0 Å². The molecule has 3 N–H and O–H groups in total. The van der Waals surface area contributed by atoms with Crippen LogP contribution in [0, 0.1) is 11.8 Å². The Morgan fingerprint density at radius 2 is 1.38 bits per heavy atom. The van der Waals surface area contributed by atoms with Crippen molar-refractivity contribution in [1.82, 2.24) is 0 Å². The van der Waals surface area contributed by atoms with E-state index >= 15 is 0 Å². The standard InChI is InChI=1S/C25H33NO6Si2/c1-30-16-10-8-9-13-19(16)22(26)20-21(23(13)27)25(29)15-12-18(32-34(5,6)7)17(31-33(2,3)4)11-14(15)24(20)28/h8-10,14-15,27H,11-12,26H2,1-7H3/t14-,15+/m0/s1. The molecule has 0 heterocycles. The molecular weight excluding hydrogens is 466 g/mol. The summed E-state index contributed by atoms with van der Waals surface area (Å²) < 4.78 is 18.2. The summed E-state index contributed by atoms with van der Waals surface area (Å²) in [6, 6.07) is 5.10. The van der Waals surface area contributed by atoms with Crippen LogP contribution in [-0.4, -0.2) is 40.4 Å². The number of Topliss-reactive ketones (excluding diaryl/α,β-unsaturated/α-hetero) is 2. The second-order valence-electron chi connectivity index (χ2n) is 11.0. The highest BCUT2D eigenvalue weighted by Gasteiger charge is 2.49. The average Bonchev–Trinajstić information content (AvgIpc) is 2.72. The number of phenols is 1. The molecule has 2 aliphatic rings. The quantitative estimate of drug-likeness (QED) is 0.320. The number of nitrogen functional groups attached to an aromatic ring is 1. The maximum absolute atomic E-state index is 13.8. The monoisotopic (exact) mass is 499 g/mol. The van der Waals surface area contributed by atoms with Gasteiger partial charge in [-0.15, -0.1) is 0 Å². The molecular formula is C25H33NO6Si2. The molecule has 0 amide bonds. The van der Waals surface area contributed by atoms with Crippen molar-refractivity contribution in [1.29, 1.82) is 0 Å². The van der Waals surface area contributed by atoms with E-state index in [0.29, 0.717) is 28.0 Å². The van der Waals surface area contributed by atoms with Crippen LogP contribution in [0.4, 0.5) is 5.69 Å². The highest BCUT2D eigenvalue weighted by atomic mass is 28.4. The summed E-state index contributed by atoms with van der Waals surface area (Å²) in [5.74, 6) is -0.219. The lowest BCUT2D eigenvalue weighted by atomic mass is 9.67. The van der Waals surface area contributed by atoms with E-state index in [9.17, 15) is 14.7 Å². The van der Waals surface area contributed by atoms with Gasteiger partial charge in [-0.1, -0.05) is 12.1 Å². The van der Waals surface area contributed by atoms with Gasteiger partial charge >= 0.3 is 0 Å². The Balaban J connectivity index is 1.89. The number of aromatic hydroxyl groups is 1. The number of ether oxygens (including phenoxy) is 1. The average molecular weight is 500 g/mol. The Kier molecular flexibility index (Phi) is 5.84. The van der Waals surface area contributed by atoms with Crippen LogP contribution in [0.1, 0.15) is 33.6 Å². The first-order valence-corrected chi connectivity index (χ1v) is 18.3. The largest absolute Gasteiger partial charge is 0.545 e. The van der Waals surface area contributed by atoms with Crippen LogP contribution < -0.4 is 10.5 Å². The first kappa shape index (κ1) is 24.3. The van der Waals surface area contributed by atoms with E-state index < -0.39 is 28.5 Å². The Morgan fingerprint density at radius 3 is 1.85 bits per heavy atom. The summed E-state index contributed by atoms with van der Waals surface area (Å²) in [6.07, 6.45) is 0.553. The molecule has 0 bridgehead atoms. The zero-order valence-electron chi connectivity index (χ0n) is 20.9. The molecule has 0 unspecified atom stereocenters. The fourth-order valence-corrected chi connectivity index (χ4v) is 6.83. The molecule has 9 heteroatoms. The third-order valence-corrected chi connectivity index (χ3v) is 7.88. The molecule has 2 aromatic carbocycles. The lowest BCUT2D eigenvalue weighted by molar-refractivity contribution is 0.0680. The predicted octanol–water partition coefficient (Wildman–Crippen LogP) is 5.46. The second-order valence-corrected chi connectivity index (χ2v) is 19.9. The molecule has 0 saturated carbocycles. The fraction of sp³-hybridized carbons (Fsp3) is 0.440. The van der Waals surface area contributed by atoms with Crippen LogP contribution in [0.2, 0.25) is 39.3 Å². The van der Waals surface area contributed by atoms with Crippen LogP contribution in [-0.2, 0) is 8.85 Å². The van der Waals surface area contributed by atoms with Gasteiger partial charge in [0.2, 0.25) is 16.6 Å².